The van der Waals surface area contributed by atoms with Crippen molar-refractivity contribution in [2.24, 2.45) is 0 Å². The van der Waals surface area contributed by atoms with Crippen molar-refractivity contribution in [2.45, 2.75) is 36.2 Å². The molecular formula is C13H18ClN3O2S. The first-order valence-corrected chi connectivity index (χ1v) is 8.65. The minimum Gasteiger partial charge on any atom is -0.399 e. The van der Waals surface area contributed by atoms with Crippen LogP contribution in [0.25, 0.3) is 0 Å². The molecular weight excluding hydrogens is 298 g/mol. The predicted molar refractivity (Wildman–Crippen MR) is 79.2 cm³/mol. The molecule has 0 amide bonds. The Morgan fingerprint density at radius 1 is 1.30 bits per heavy atom. The van der Waals surface area contributed by atoms with Crippen molar-refractivity contribution in [1.29, 1.82) is 0 Å². The van der Waals surface area contributed by atoms with Crippen LogP contribution in [-0.4, -0.2) is 38.5 Å². The van der Waals surface area contributed by atoms with Gasteiger partial charge in [-0.25, -0.2) is 13.1 Å². The van der Waals surface area contributed by atoms with Gasteiger partial charge in [0.25, 0.3) is 0 Å². The first-order chi connectivity index (χ1) is 9.47. The van der Waals surface area contributed by atoms with Gasteiger partial charge in [-0.2, -0.15) is 0 Å². The Hall–Kier alpha value is -0.820. The largest absolute Gasteiger partial charge is 0.399 e. The highest BCUT2D eigenvalue weighted by Gasteiger charge is 2.39. The lowest BCUT2D eigenvalue weighted by Crippen LogP contribution is -2.42. The fourth-order valence-corrected chi connectivity index (χ4v) is 5.07. The molecule has 7 heteroatoms. The zero-order valence-electron chi connectivity index (χ0n) is 11.0. The lowest BCUT2D eigenvalue weighted by Gasteiger charge is -2.21. The third kappa shape index (κ3) is 2.53. The molecule has 2 unspecified atom stereocenters. The van der Waals surface area contributed by atoms with E-state index >= 15 is 0 Å². The fraction of sp³-hybridized carbons (Fsp3) is 0.538. The Morgan fingerprint density at radius 3 is 2.85 bits per heavy atom. The number of hydrogen-bond acceptors (Lipinski definition) is 4. The molecule has 2 heterocycles. The van der Waals surface area contributed by atoms with E-state index < -0.39 is 10.0 Å². The second-order valence-corrected chi connectivity index (χ2v) is 7.54. The molecule has 3 rings (SSSR count). The van der Waals surface area contributed by atoms with Crippen LogP contribution in [0.2, 0.25) is 5.02 Å². The van der Waals surface area contributed by atoms with Crippen molar-refractivity contribution in [1.82, 2.24) is 9.62 Å². The Morgan fingerprint density at radius 2 is 2.10 bits per heavy atom. The van der Waals surface area contributed by atoms with Gasteiger partial charge in [0.1, 0.15) is 4.90 Å². The molecule has 0 spiro atoms. The van der Waals surface area contributed by atoms with Gasteiger partial charge in [0.2, 0.25) is 10.0 Å². The first-order valence-electron chi connectivity index (χ1n) is 6.79. The fourth-order valence-electron chi connectivity index (χ4n) is 3.22. The number of nitrogens with two attached hydrogens (primary N) is 1. The molecule has 2 aliphatic rings. The van der Waals surface area contributed by atoms with E-state index in [1.165, 1.54) is 12.1 Å². The minimum atomic E-state index is -3.59. The zero-order chi connectivity index (χ0) is 14.3. The van der Waals surface area contributed by atoms with Gasteiger partial charge >= 0.3 is 0 Å². The second-order valence-electron chi connectivity index (χ2n) is 5.45. The van der Waals surface area contributed by atoms with E-state index in [0.29, 0.717) is 11.7 Å². The molecule has 2 saturated heterocycles. The second kappa shape index (κ2) is 5.18. The molecule has 0 bridgehead atoms. The number of nitrogens with one attached hydrogen (secondary N) is 1. The van der Waals surface area contributed by atoms with E-state index in [0.717, 1.165) is 32.4 Å². The summed E-state index contributed by atoms with van der Waals surface area (Å²) < 4.78 is 27.7. The van der Waals surface area contributed by atoms with Crippen LogP contribution in [0.3, 0.4) is 0 Å². The Balaban J connectivity index is 1.82. The molecule has 0 saturated carbocycles. The van der Waals surface area contributed by atoms with Crippen LogP contribution in [-0.2, 0) is 10.0 Å². The monoisotopic (exact) mass is 315 g/mol. The minimum absolute atomic E-state index is 0.0175. The molecule has 5 nitrogen and oxygen atoms in total. The highest BCUT2D eigenvalue weighted by molar-refractivity contribution is 7.89. The maximum atomic E-state index is 12.5. The van der Waals surface area contributed by atoms with Crippen LogP contribution in [0.1, 0.15) is 19.3 Å². The molecule has 3 N–H and O–H groups in total. The number of hydrogen-bond donors (Lipinski definition) is 2. The summed E-state index contributed by atoms with van der Waals surface area (Å²) in [5, 5.41) is 0.166. The van der Waals surface area contributed by atoms with E-state index in [4.69, 9.17) is 17.3 Å². The third-order valence-electron chi connectivity index (χ3n) is 4.16. The summed E-state index contributed by atoms with van der Waals surface area (Å²) in [4.78, 5) is 2.46. The van der Waals surface area contributed by atoms with Crippen LogP contribution >= 0.6 is 11.6 Å². The maximum absolute atomic E-state index is 12.5. The number of fused-ring (bicyclic) bond motifs is 1. The van der Waals surface area contributed by atoms with Crippen molar-refractivity contribution in [2.75, 3.05) is 18.8 Å². The van der Waals surface area contributed by atoms with Gasteiger partial charge in [-0.1, -0.05) is 11.6 Å². The molecule has 20 heavy (non-hydrogen) atoms. The van der Waals surface area contributed by atoms with E-state index in [1.807, 2.05) is 0 Å². The van der Waals surface area contributed by atoms with Gasteiger partial charge in [-0.05, 0) is 44.0 Å². The summed E-state index contributed by atoms with van der Waals surface area (Å²) in [6, 6.07) is 4.79. The normalized spacial score (nSPS) is 26.9. The lowest BCUT2D eigenvalue weighted by molar-refractivity contribution is 0.309. The van der Waals surface area contributed by atoms with Crippen LogP contribution in [0.5, 0.6) is 0 Å². The molecule has 2 fully saturated rings. The van der Waals surface area contributed by atoms with Gasteiger partial charge in [0.15, 0.2) is 0 Å². The molecule has 2 atom stereocenters. The quantitative estimate of drug-likeness (QED) is 0.828. The van der Waals surface area contributed by atoms with E-state index in [-0.39, 0.29) is 16.0 Å². The number of halogens is 1. The van der Waals surface area contributed by atoms with Crippen LogP contribution < -0.4 is 10.5 Å². The van der Waals surface area contributed by atoms with E-state index in [2.05, 4.69) is 9.62 Å². The van der Waals surface area contributed by atoms with Crippen molar-refractivity contribution < 1.29 is 8.42 Å². The van der Waals surface area contributed by atoms with Gasteiger partial charge in [0.05, 0.1) is 5.02 Å². The summed E-state index contributed by atoms with van der Waals surface area (Å²) >= 11 is 6.00. The first kappa shape index (κ1) is 14.1. The lowest BCUT2D eigenvalue weighted by atomic mass is 10.1. The number of rotatable bonds is 3. The van der Waals surface area contributed by atoms with Crippen molar-refractivity contribution in [3.63, 3.8) is 0 Å². The predicted octanol–water partition coefficient (Wildman–Crippen LogP) is 1.44. The van der Waals surface area contributed by atoms with Gasteiger partial charge < -0.3 is 5.73 Å². The summed E-state index contributed by atoms with van der Waals surface area (Å²) in [5.41, 5.74) is 6.05. The van der Waals surface area contributed by atoms with Gasteiger partial charge in [0, 0.05) is 24.3 Å². The van der Waals surface area contributed by atoms with Crippen molar-refractivity contribution >= 4 is 27.3 Å². The summed E-state index contributed by atoms with van der Waals surface area (Å²) in [6.07, 6.45) is 3.06. The molecule has 0 aromatic heterocycles. The molecule has 110 valence electrons. The average molecular weight is 316 g/mol. The third-order valence-corrected chi connectivity index (χ3v) is 6.13. The highest BCUT2D eigenvalue weighted by atomic mass is 35.5. The Bertz CT molecular complexity index is 620. The van der Waals surface area contributed by atoms with Gasteiger partial charge in [-0.15, -0.1) is 0 Å². The van der Waals surface area contributed by atoms with Gasteiger partial charge in [-0.3, -0.25) is 4.90 Å². The van der Waals surface area contributed by atoms with E-state index in [9.17, 15) is 8.42 Å². The number of anilines is 1. The Kier molecular flexibility index (Phi) is 3.66. The molecule has 1 aromatic rings. The standard InChI is InChI=1S/C13H18ClN3O2S/c14-10-8-9(15)3-4-13(10)20(18,19)16-11-5-7-17-6-1-2-12(11)17/h3-4,8,11-12,16H,1-2,5-7,15H2. The number of nitrogen functional groups attached to an aromatic ring is 1. The average Bonchev–Trinajstić information content (AvgIpc) is 2.93. The van der Waals surface area contributed by atoms with Crippen molar-refractivity contribution in [3.05, 3.63) is 23.2 Å². The summed E-state index contributed by atoms with van der Waals surface area (Å²) in [6.45, 7) is 2.04. The number of nitrogens with zero attached hydrogens (tertiary/aromatic N) is 1. The maximum Gasteiger partial charge on any atom is 0.242 e. The highest BCUT2D eigenvalue weighted by Crippen LogP contribution is 2.30. The molecule has 1 aromatic carbocycles. The topological polar surface area (TPSA) is 75.4 Å². The zero-order valence-corrected chi connectivity index (χ0v) is 12.6. The summed E-state index contributed by atoms with van der Waals surface area (Å²) in [7, 11) is -3.59. The van der Waals surface area contributed by atoms with Crippen LogP contribution in [0, 0.1) is 0 Å². The van der Waals surface area contributed by atoms with Crippen LogP contribution in [0.15, 0.2) is 23.1 Å². The summed E-state index contributed by atoms with van der Waals surface area (Å²) in [5.74, 6) is 0. The van der Waals surface area contributed by atoms with E-state index in [1.54, 1.807) is 6.07 Å². The van der Waals surface area contributed by atoms with Crippen molar-refractivity contribution in [3.8, 4) is 0 Å². The van der Waals surface area contributed by atoms with Crippen LogP contribution in [0.4, 0.5) is 5.69 Å². The Labute approximate surface area is 124 Å². The molecule has 0 radical (unpaired) electrons. The SMILES string of the molecule is Nc1ccc(S(=O)(=O)NC2CCN3CCCC23)c(Cl)c1. The number of benzene rings is 1. The molecule has 2 aliphatic heterocycles. The molecule has 0 aliphatic carbocycles. The number of sulfonamides is 1. The smallest absolute Gasteiger partial charge is 0.242 e.